The molecule has 0 bridgehead atoms. The molecule has 5 heteroatoms. The molecule has 0 unspecified atom stereocenters. The van der Waals surface area contributed by atoms with Crippen molar-refractivity contribution in [3.63, 3.8) is 0 Å². The highest BCUT2D eigenvalue weighted by atomic mass is 32.1. The number of rotatable bonds is 5. The van der Waals surface area contributed by atoms with Crippen LogP contribution >= 0.6 is 11.3 Å². The molecule has 24 heavy (non-hydrogen) atoms. The summed E-state index contributed by atoms with van der Waals surface area (Å²) in [5.41, 5.74) is 1.20. The van der Waals surface area contributed by atoms with Gasteiger partial charge >= 0.3 is 0 Å². The Balaban J connectivity index is 1.31. The third kappa shape index (κ3) is 3.37. The van der Waals surface area contributed by atoms with E-state index in [0.717, 1.165) is 56.6 Å². The van der Waals surface area contributed by atoms with Crippen LogP contribution in [0.3, 0.4) is 0 Å². The van der Waals surface area contributed by atoms with Crippen molar-refractivity contribution in [3.8, 4) is 0 Å². The first-order valence-corrected chi connectivity index (χ1v) is 10.2. The summed E-state index contributed by atoms with van der Waals surface area (Å²) in [5.74, 6) is 1.25. The third-order valence-electron chi connectivity index (χ3n) is 6.04. The number of carbonyl (C=O) groups is 2. The van der Waals surface area contributed by atoms with Gasteiger partial charge in [0.2, 0.25) is 11.8 Å². The number of nitrogens with zero attached hydrogens (tertiary/aromatic N) is 1. The van der Waals surface area contributed by atoms with Gasteiger partial charge in [-0.2, -0.15) is 11.3 Å². The van der Waals surface area contributed by atoms with Crippen molar-refractivity contribution in [1.29, 1.82) is 0 Å². The summed E-state index contributed by atoms with van der Waals surface area (Å²) >= 11 is 1.63. The van der Waals surface area contributed by atoms with Crippen LogP contribution in [0.1, 0.15) is 56.9 Å². The molecule has 2 heterocycles. The zero-order valence-corrected chi connectivity index (χ0v) is 14.9. The lowest BCUT2D eigenvalue weighted by Crippen LogP contribution is -2.52. The Morgan fingerprint density at radius 3 is 2.71 bits per heavy atom. The normalized spacial score (nSPS) is 30.1. The van der Waals surface area contributed by atoms with Gasteiger partial charge in [-0.1, -0.05) is 0 Å². The van der Waals surface area contributed by atoms with Crippen LogP contribution in [0.4, 0.5) is 0 Å². The second-order valence-corrected chi connectivity index (χ2v) is 8.60. The molecule has 1 aromatic rings. The van der Waals surface area contributed by atoms with Gasteiger partial charge in [0.05, 0.1) is 6.42 Å². The Bertz CT molecular complexity index is 601. The van der Waals surface area contributed by atoms with E-state index in [1.165, 1.54) is 12.8 Å². The average Bonchev–Trinajstić information content (AvgIpc) is 3.17. The van der Waals surface area contributed by atoms with E-state index in [9.17, 15) is 9.59 Å². The Morgan fingerprint density at radius 2 is 2.04 bits per heavy atom. The van der Waals surface area contributed by atoms with Crippen molar-refractivity contribution in [3.05, 3.63) is 22.4 Å². The Labute approximate surface area is 147 Å². The molecule has 1 saturated heterocycles. The van der Waals surface area contributed by atoms with Crippen LogP contribution in [0.15, 0.2) is 16.8 Å². The molecule has 1 spiro atoms. The summed E-state index contributed by atoms with van der Waals surface area (Å²) in [4.78, 5) is 26.7. The maximum atomic E-state index is 12.3. The predicted molar refractivity (Wildman–Crippen MR) is 94.8 cm³/mol. The molecule has 2 amide bonds. The van der Waals surface area contributed by atoms with Crippen molar-refractivity contribution >= 4 is 23.2 Å². The first kappa shape index (κ1) is 16.1. The number of hydrogen-bond donors (Lipinski definition) is 1. The van der Waals surface area contributed by atoms with Gasteiger partial charge in [0, 0.05) is 24.5 Å². The number of carbonyl (C=O) groups excluding carboxylic acids is 2. The second-order valence-electron chi connectivity index (χ2n) is 7.82. The summed E-state index contributed by atoms with van der Waals surface area (Å²) in [6, 6.07) is 2.29. The average molecular weight is 346 g/mol. The maximum absolute atomic E-state index is 12.3. The zero-order chi connectivity index (χ0) is 16.6. The van der Waals surface area contributed by atoms with Gasteiger partial charge in [0.1, 0.15) is 0 Å². The van der Waals surface area contributed by atoms with Gasteiger partial charge in [-0.05, 0) is 73.3 Å². The smallest absolute Gasteiger partial charge is 0.224 e. The molecule has 2 aliphatic carbocycles. The van der Waals surface area contributed by atoms with Crippen molar-refractivity contribution in [2.24, 2.45) is 5.92 Å². The lowest BCUT2D eigenvalue weighted by atomic mass is 9.77. The zero-order valence-electron chi connectivity index (χ0n) is 14.1. The molecule has 130 valence electrons. The second kappa shape index (κ2) is 6.51. The summed E-state index contributed by atoms with van der Waals surface area (Å²) in [6.07, 6.45) is 8.92. The number of likely N-dealkylation sites (tertiary alicyclic amines) is 1. The van der Waals surface area contributed by atoms with Crippen LogP contribution in [0.5, 0.6) is 0 Å². The molecule has 1 aliphatic heterocycles. The lowest BCUT2D eigenvalue weighted by Gasteiger charge is -2.44. The topological polar surface area (TPSA) is 49.4 Å². The van der Waals surface area contributed by atoms with Crippen LogP contribution in [0.25, 0.3) is 0 Å². The van der Waals surface area contributed by atoms with Crippen LogP contribution in [-0.4, -0.2) is 34.8 Å². The van der Waals surface area contributed by atoms with E-state index in [-0.39, 0.29) is 17.5 Å². The predicted octanol–water partition coefficient (Wildman–Crippen LogP) is 3.12. The minimum Gasteiger partial charge on any atom is -0.353 e. The highest BCUT2D eigenvalue weighted by Gasteiger charge is 2.48. The van der Waals surface area contributed by atoms with Gasteiger partial charge in [0.15, 0.2) is 0 Å². The van der Waals surface area contributed by atoms with Crippen molar-refractivity contribution in [2.45, 2.75) is 69.4 Å². The van der Waals surface area contributed by atoms with Gasteiger partial charge in [-0.15, -0.1) is 0 Å². The van der Waals surface area contributed by atoms with Gasteiger partial charge < -0.3 is 10.2 Å². The van der Waals surface area contributed by atoms with Crippen molar-refractivity contribution in [2.75, 3.05) is 6.54 Å². The molecule has 1 N–H and O–H groups in total. The lowest BCUT2D eigenvalue weighted by molar-refractivity contribution is -0.133. The Morgan fingerprint density at radius 1 is 1.25 bits per heavy atom. The Hall–Kier alpha value is -1.36. The fourth-order valence-corrected chi connectivity index (χ4v) is 5.07. The fraction of sp³-hybridized carbons (Fsp3) is 0.684. The molecule has 3 fully saturated rings. The van der Waals surface area contributed by atoms with E-state index in [1.807, 2.05) is 16.8 Å². The number of hydrogen-bond acceptors (Lipinski definition) is 3. The SMILES string of the molecule is O=C(Cc1ccsc1)NC1CCC2(CCC(=O)N2CC2CC2)CC1. The van der Waals surface area contributed by atoms with E-state index in [0.29, 0.717) is 12.3 Å². The van der Waals surface area contributed by atoms with Crippen molar-refractivity contribution in [1.82, 2.24) is 10.2 Å². The van der Waals surface area contributed by atoms with Gasteiger partial charge in [0.25, 0.3) is 0 Å². The first-order chi connectivity index (χ1) is 11.6. The maximum Gasteiger partial charge on any atom is 0.224 e. The minimum absolute atomic E-state index is 0.105. The molecule has 0 radical (unpaired) electrons. The van der Waals surface area contributed by atoms with E-state index >= 15 is 0 Å². The quantitative estimate of drug-likeness (QED) is 0.890. The summed E-state index contributed by atoms with van der Waals surface area (Å²) in [6.45, 7) is 0.980. The van der Waals surface area contributed by atoms with Gasteiger partial charge in [-0.25, -0.2) is 0 Å². The Kier molecular flexibility index (Phi) is 4.37. The fourth-order valence-electron chi connectivity index (χ4n) is 4.40. The monoisotopic (exact) mass is 346 g/mol. The molecule has 0 atom stereocenters. The minimum atomic E-state index is 0.105. The number of amides is 2. The molecule has 0 aromatic carbocycles. The number of thiophene rings is 1. The van der Waals surface area contributed by atoms with Crippen LogP contribution in [0, 0.1) is 5.92 Å². The van der Waals surface area contributed by atoms with E-state index in [2.05, 4.69) is 10.2 Å². The van der Waals surface area contributed by atoms with Crippen LogP contribution in [0.2, 0.25) is 0 Å². The highest BCUT2D eigenvalue weighted by Crippen LogP contribution is 2.44. The molecule has 3 aliphatic rings. The molecule has 4 rings (SSSR count). The van der Waals surface area contributed by atoms with E-state index in [4.69, 9.17) is 0 Å². The molecular formula is C19H26N2O2S. The third-order valence-corrected chi connectivity index (χ3v) is 6.77. The summed E-state index contributed by atoms with van der Waals surface area (Å²) in [5, 5.41) is 7.25. The molecular weight excluding hydrogens is 320 g/mol. The molecule has 1 aromatic heterocycles. The van der Waals surface area contributed by atoms with Crippen LogP contribution in [-0.2, 0) is 16.0 Å². The molecule has 4 nitrogen and oxygen atoms in total. The van der Waals surface area contributed by atoms with E-state index < -0.39 is 0 Å². The molecule has 2 saturated carbocycles. The summed E-state index contributed by atoms with van der Waals surface area (Å²) in [7, 11) is 0. The first-order valence-electron chi connectivity index (χ1n) is 9.26. The van der Waals surface area contributed by atoms with E-state index in [1.54, 1.807) is 11.3 Å². The van der Waals surface area contributed by atoms with Crippen molar-refractivity contribution < 1.29 is 9.59 Å². The van der Waals surface area contributed by atoms with Gasteiger partial charge in [-0.3, -0.25) is 9.59 Å². The number of nitrogens with one attached hydrogen (secondary N) is 1. The largest absolute Gasteiger partial charge is 0.353 e. The standard InChI is InChI=1S/C19H26N2O2S/c22-17(11-15-6-10-24-13-15)20-16-3-7-19(8-4-16)9-5-18(23)21(19)12-14-1-2-14/h6,10,13-14,16H,1-5,7-9,11-12H2,(H,20,22). The highest BCUT2D eigenvalue weighted by molar-refractivity contribution is 7.08. The van der Waals surface area contributed by atoms with Crippen LogP contribution < -0.4 is 5.32 Å². The summed E-state index contributed by atoms with van der Waals surface area (Å²) < 4.78 is 0.